The van der Waals surface area contributed by atoms with E-state index in [0.29, 0.717) is 5.56 Å². The second-order valence-corrected chi connectivity index (χ2v) is 9.95. The van der Waals surface area contributed by atoms with Crippen molar-refractivity contribution in [1.82, 2.24) is 4.90 Å². The fraction of sp³-hybridized carbons (Fsp3) is 0.259. The van der Waals surface area contributed by atoms with Crippen molar-refractivity contribution in [3.63, 3.8) is 0 Å². The van der Waals surface area contributed by atoms with Crippen LogP contribution < -0.4 is 5.32 Å². The number of para-hydroxylation sites is 1. The van der Waals surface area contributed by atoms with Crippen LogP contribution in [0.2, 0.25) is 0 Å². The lowest BCUT2D eigenvalue weighted by molar-refractivity contribution is -0.127. The zero-order valence-corrected chi connectivity index (χ0v) is 18.6. The molecule has 4 nitrogen and oxygen atoms in total. The topological polar surface area (TPSA) is 49.4 Å². The Morgan fingerprint density at radius 2 is 1.72 bits per heavy atom. The lowest BCUT2D eigenvalue weighted by Crippen LogP contribution is -2.52. The normalized spacial score (nSPS) is 28.5. The zero-order valence-electron chi connectivity index (χ0n) is 17.8. The minimum Gasteiger partial charge on any atom is -0.324 e. The van der Waals surface area contributed by atoms with Crippen LogP contribution in [0, 0.1) is 12.8 Å². The molecule has 32 heavy (non-hydrogen) atoms. The van der Waals surface area contributed by atoms with Crippen LogP contribution >= 0.6 is 11.8 Å². The van der Waals surface area contributed by atoms with E-state index in [1.807, 2.05) is 85.4 Å². The lowest BCUT2D eigenvalue weighted by atomic mass is 9.69. The van der Waals surface area contributed by atoms with Gasteiger partial charge in [0.25, 0.3) is 0 Å². The number of hydrogen-bond donors (Lipinski definition) is 1. The van der Waals surface area contributed by atoms with Crippen LogP contribution in [0.15, 0.2) is 78.9 Å². The summed E-state index contributed by atoms with van der Waals surface area (Å²) >= 11 is 1.85. The van der Waals surface area contributed by atoms with Crippen LogP contribution in [0.5, 0.6) is 0 Å². The highest BCUT2D eigenvalue weighted by molar-refractivity contribution is 7.99. The molecule has 4 atom stereocenters. The van der Waals surface area contributed by atoms with Gasteiger partial charge in [0.05, 0.1) is 5.92 Å². The number of fused-ring (bicyclic) bond motifs is 4. The summed E-state index contributed by atoms with van der Waals surface area (Å²) in [5.74, 6) is 1.07. The second-order valence-electron chi connectivity index (χ2n) is 8.95. The molecule has 0 saturated carbocycles. The van der Waals surface area contributed by atoms with Gasteiger partial charge in [0, 0.05) is 40.4 Å². The molecule has 0 aliphatic carbocycles. The monoisotopic (exact) mass is 440 g/mol. The Labute approximate surface area is 192 Å². The van der Waals surface area contributed by atoms with Crippen LogP contribution in [0.25, 0.3) is 0 Å². The number of anilines is 1. The molecule has 160 valence electrons. The second kappa shape index (κ2) is 7.32. The molecule has 1 N–H and O–H groups in total. The molecule has 3 aliphatic heterocycles. The maximum Gasteiger partial charge on any atom is 0.250 e. The third-order valence-electron chi connectivity index (χ3n) is 7.33. The van der Waals surface area contributed by atoms with Crippen molar-refractivity contribution < 1.29 is 9.59 Å². The van der Waals surface area contributed by atoms with E-state index in [0.717, 1.165) is 34.0 Å². The number of rotatable bonds is 3. The van der Waals surface area contributed by atoms with Crippen LogP contribution in [-0.4, -0.2) is 34.3 Å². The maximum absolute atomic E-state index is 14.3. The Bertz CT molecular complexity index is 1210. The van der Waals surface area contributed by atoms with Crippen molar-refractivity contribution in [3.8, 4) is 0 Å². The standard InChI is InChI=1S/C27H24N2O2S/c1-17-11-13-19(14-12-17)25(30)24-23(18-7-3-2-4-8-18)22-15-32-16-29(22)27(24)20-9-5-6-10-21(20)28-26(27)31/h2-14,22-24H,15-16H2,1H3,(H,28,31)/t22-,23-,24+,27+/m1/s1. The van der Waals surface area contributed by atoms with E-state index in [1.54, 1.807) is 0 Å². The molecule has 1 amide bonds. The Kier molecular flexibility index (Phi) is 4.52. The van der Waals surface area contributed by atoms with Gasteiger partial charge in [-0.25, -0.2) is 0 Å². The van der Waals surface area contributed by atoms with Gasteiger partial charge >= 0.3 is 0 Å². The lowest BCUT2D eigenvalue weighted by Gasteiger charge is -2.36. The quantitative estimate of drug-likeness (QED) is 0.594. The van der Waals surface area contributed by atoms with E-state index in [2.05, 4.69) is 22.3 Å². The molecular formula is C27H24N2O2S. The number of carbonyl (C=O) groups is 2. The molecule has 2 saturated heterocycles. The van der Waals surface area contributed by atoms with E-state index in [4.69, 9.17) is 0 Å². The first-order chi connectivity index (χ1) is 15.6. The van der Waals surface area contributed by atoms with Gasteiger partial charge in [-0.05, 0) is 18.6 Å². The summed E-state index contributed by atoms with van der Waals surface area (Å²) in [4.78, 5) is 30.4. The van der Waals surface area contributed by atoms with Crippen molar-refractivity contribution >= 4 is 29.1 Å². The van der Waals surface area contributed by atoms with Gasteiger partial charge < -0.3 is 5.32 Å². The number of nitrogens with zero attached hydrogens (tertiary/aromatic N) is 1. The molecule has 0 unspecified atom stereocenters. The van der Waals surface area contributed by atoms with Crippen molar-refractivity contribution in [2.45, 2.75) is 24.4 Å². The molecule has 3 aliphatic rings. The highest BCUT2D eigenvalue weighted by atomic mass is 32.2. The van der Waals surface area contributed by atoms with Gasteiger partial charge in [0.1, 0.15) is 5.54 Å². The predicted molar refractivity (Wildman–Crippen MR) is 128 cm³/mol. The molecule has 2 fully saturated rings. The van der Waals surface area contributed by atoms with Gasteiger partial charge in [-0.3, -0.25) is 14.5 Å². The van der Waals surface area contributed by atoms with Crippen LogP contribution in [0.4, 0.5) is 5.69 Å². The number of hydrogen-bond acceptors (Lipinski definition) is 4. The van der Waals surface area contributed by atoms with Crippen LogP contribution in [-0.2, 0) is 10.3 Å². The average molecular weight is 441 g/mol. The molecule has 6 rings (SSSR count). The highest BCUT2D eigenvalue weighted by Gasteiger charge is 2.69. The number of nitrogens with one attached hydrogen (secondary N) is 1. The van der Waals surface area contributed by atoms with Gasteiger partial charge in [0.15, 0.2) is 5.78 Å². The number of aryl methyl sites for hydroxylation is 1. The fourth-order valence-corrected chi connectivity index (χ4v) is 7.30. The molecule has 3 heterocycles. The van der Waals surface area contributed by atoms with Crippen molar-refractivity contribution in [2.75, 3.05) is 16.9 Å². The first-order valence-corrected chi connectivity index (χ1v) is 12.2. The summed E-state index contributed by atoms with van der Waals surface area (Å²) in [6, 6.07) is 26.1. The van der Waals surface area contributed by atoms with Gasteiger partial charge in [-0.15, -0.1) is 11.8 Å². The average Bonchev–Trinajstić information content (AvgIpc) is 3.48. The third kappa shape index (κ3) is 2.61. The van der Waals surface area contributed by atoms with Gasteiger partial charge in [-0.1, -0.05) is 78.4 Å². The summed E-state index contributed by atoms with van der Waals surface area (Å²) in [6.07, 6.45) is 0. The first-order valence-electron chi connectivity index (χ1n) is 11.0. The maximum atomic E-state index is 14.3. The van der Waals surface area contributed by atoms with Crippen LogP contribution in [0.3, 0.4) is 0 Å². The molecule has 0 aromatic heterocycles. The number of ketones is 1. The van der Waals surface area contributed by atoms with Crippen molar-refractivity contribution in [1.29, 1.82) is 0 Å². The number of carbonyl (C=O) groups excluding carboxylic acids is 2. The summed E-state index contributed by atoms with van der Waals surface area (Å²) in [6.45, 7) is 2.02. The van der Waals surface area contributed by atoms with E-state index in [1.165, 1.54) is 0 Å². The van der Waals surface area contributed by atoms with E-state index in [9.17, 15) is 9.59 Å². The summed E-state index contributed by atoms with van der Waals surface area (Å²) in [5.41, 5.74) is 3.68. The third-order valence-corrected chi connectivity index (χ3v) is 8.37. The Morgan fingerprint density at radius 1 is 1.00 bits per heavy atom. The van der Waals surface area contributed by atoms with Crippen LogP contribution in [0.1, 0.15) is 33.0 Å². The smallest absolute Gasteiger partial charge is 0.250 e. The number of thioether (sulfide) groups is 1. The Balaban J connectivity index is 1.61. The predicted octanol–water partition coefficient (Wildman–Crippen LogP) is 4.81. The SMILES string of the molecule is Cc1ccc(C(=O)[C@@H]2[C@H](c3ccccc3)[C@H]3CSCN3[C@]23C(=O)Nc2ccccc23)cc1. The molecule has 0 bridgehead atoms. The zero-order chi connectivity index (χ0) is 21.9. The number of Topliss-reactive ketones (excluding diaryl/α,β-unsaturated/α-hetero) is 1. The Morgan fingerprint density at radius 3 is 2.50 bits per heavy atom. The molecule has 5 heteroatoms. The minimum absolute atomic E-state index is 0.0464. The molecule has 1 spiro atoms. The number of benzene rings is 3. The molecule has 0 radical (unpaired) electrons. The molecule has 3 aromatic rings. The highest BCUT2D eigenvalue weighted by Crippen LogP contribution is 2.61. The molecule has 3 aromatic carbocycles. The summed E-state index contributed by atoms with van der Waals surface area (Å²) in [7, 11) is 0. The van der Waals surface area contributed by atoms with Gasteiger partial charge in [-0.2, -0.15) is 0 Å². The summed E-state index contributed by atoms with van der Waals surface area (Å²) in [5, 5.41) is 3.12. The van der Waals surface area contributed by atoms with E-state index >= 15 is 0 Å². The van der Waals surface area contributed by atoms with E-state index < -0.39 is 11.5 Å². The number of amides is 1. The summed E-state index contributed by atoms with van der Waals surface area (Å²) < 4.78 is 0. The molecular weight excluding hydrogens is 416 g/mol. The minimum atomic E-state index is -0.993. The largest absolute Gasteiger partial charge is 0.324 e. The van der Waals surface area contributed by atoms with Crippen molar-refractivity contribution in [3.05, 3.63) is 101 Å². The Hall–Kier alpha value is -2.89. The van der Waals surface area contributed by atoms with Crippen molar-refractivity contribution in [2.24, 2.45) is 5.92 Å². The first kappa shape index (κ1) is 19.8. The van der Waals surface area contributed by atoms with Gasteiger partial charge in [0.2, 0.25) is 5.91 Å². The van der Waals surface area contributed by atoms with E-state index in [-0.39, 0.29) is 23.7 Å². The fourth-order valence-electron chi connectivity index (χ4n) is 5.98.